The summed E-state index contributed by atoms with van der Waals surface area (Å²) in [7, 11) is 0. The number of esters is 1. The van der Waals surface area contributed by atoms with Gasteiger partial charge >= 0.3 is 5.97 Å². The standard InChI is InChI=1S/C19H18N4O3/c1-3-26-19(25)14-9-17(13(2)20-10-14)18(24)22-15-11-21-23(12-15)16-7-5-4-6-8-16/h4-12H,3H2,1-2H3,(H,22,24). The minimum absolute atomic E-state index is 0.239. The van der Waals surface area contributed by atoms with Crippen LogP contribution in [-0.2, 0) is 4.74 Å². The summed E-state index contributed by atoms with van der Waals surface area (Å²) in [6, 6.07) is 11.0. The summed E-state index contributed by atoms with van der Waals surface area (Å²) in [6.45, 7) is 3.68. The van der Waals surface area contributed by atoms with Gasteiger partial charge in [0.2, 0.25) is 0 Å². The third kappa shape index (κ3) is 3.77. The van der Waals surface area contributed by atoms with Gasteiger partial charge in [-0.1, -0.05) is 18.2 Å². The van der Waals surface area contributed by atoms with Crippen molar-refractivity contribution < 1.29 is 14.3 Å². The summed E-state index contributed by atoms with van der Waals surface area (Å²) in [5.41, 5.74) is 2.49. The van der Waals surface area contributed by atoms with E-state index in [1.807, 2.05) is 30.3 Å². The van der Waals surface area contributed by atoms with Gasteiger partial charge in [-0.15, -0.1) is 0 Å². The predicted octanol–water partition coefficient (Wildman–Crippen LogP) is 3.00. The summed E-state index contributed by atoms with van der Waals surface area (Å²) in [4.78, 5) is 28.5. The lowest BCUT2D eigenvalue weighted by Gasteiger charge is -2.08. The first kappa shape index (κ1) is 17.3. The lowest BCUT2D eigenvalue weighted by atomic mass is 10.1. The number of aryl methyl sites for hydroxylation is 1. The number of ether oxygens (including phenoxy) is 1. The van der Waals surface area contributed by atoms with Crippen molar-refractivity contribution in [1.29, 1.82) is 0 Å². The number of carbonyl (C=O) groups excluding carboxylic acids is 2. The topological polar surface area (TPSA) is 86.1 Å². The van der Waals surface area contributed by atoms with Crippen molar-refractivity contribution in [3.05, 3.63) is 71.8 Å². The van der Waals surface area contributed by atoms with Gasteiger partial charge in [0.25, 0.3) is 5.91 Å². The number of anilines is 1. The third-order valence-corrected chi connectivity index (χ3v) is 3.70. The molecule has 0 spiro atoms. The molecule has 0 radical (unpaired) electrons. The molecule has 0 aliphatic carbocycles. The minimum Gasteiger partial charge on any atom is -0.462 e. The zero-order chi connectivity index (χ0) is 18.5. The molecule has 1 amide bonds. The highest BCUT2D eigenvalue weighted by Gasteiger charge is 2.16. The summed E-state index contributed by atoms with van der Waals surface area (Å²) in [5.74, 6) is -0.875. The number of carbonyl (C=O) groups is 2. The Balaban J connectivity index is 1.79. The average molecular weight is 350 g/mol. The summed E-state index contributed by atoms with van der Waals surface area (Å²) in [5, 5.41) is 7.01. The lowest BCUT2D eigenvalue weighted by molar-refractivity contribution is 0.0526. The van der Waals surface area contributed by atoms with E-state index in [0.29, 0.717) is 16.9 Å². The fourth-order valence-electron chi connectivity index (χ4n) is 2.40. The Kier molecular flexibility index (Phi) is 5.07. The van der Waals surface area contributed by atoms with Crippen molar-refractivity contribution in [2.45, 2.75) is 13.8 Å². The smallest absolute Gasteiger partial charge is 0.339 e. The fourth-order valence-corrected chi connectivity index (χ4v) is 2.40. The first-order valence-electron chi connectivity index (χ1n) is 8.13. The van der Waals surface area contributed by atoms with Gasteiger partial charge in [0, 0.05) is 6.20 Å². The van der Waals surface area contributed by atoms with Crippen LogP contribution in [0.1, 0.15) is 33.3 Å². The molecule has 0 bridgehead atoms. The molecule has 7 nitrogen and oxygen atoms in total. The van der Waals surface area contributed by atoms with E-state index in [9.17, 15) is 9.59 Å². The largest absolute Gasteiger partial charge is 0.462 e. The molecule has 7 heteroatoms. The van der Waals surface area contributed by atoms with Crippen LogP contribution < -0.4 is 5.32 Å². The van der Waals surface area contributed by atoms with Crippen LogP contribution in [-0.4, -0.2) is 33.2 Å². The van der Waals surface area contributed by atoms with Crippen LogP contribution in [0.25, 0.3) is 5.69 Å². The van der Waals surface area contributed by atoms with Crippen molar-refractivity contribution >= 4 is 17.6 Å². The number of hydrogen-bond donors (Lipinski definition) is 1. The molecule has 1 aromatic carbocycles. The second-order valence-electron chi connectivity index (χ2n) is 5.54. The van der Waals surface area contributed by atoms with Gasteiger partial charge in [0.15, 0.2) is 0 Å². The number of hydrogen-bond acceptors (Lipinski definition) is 5. The molecular weight excluding hydrogens is 332 g/mol. The van der Waals surface area contributed by atoms with Crippen LogP contribution >= 0.6 is 0 Å². The van der Waals surface area contributed by atoms with E-state index >= 15 is 0 Å². The fraction of sp³-hybridized carbons (Fsp3) is 0.158. The maximum absolute atomic E-state index is 12.6. The Morgan fingerprint density at radius 3 is 2.69 bits per heavy atom. The number of amides is 1. The van der Waals surface area contributed by atoms with E-state index in [2.05, 4.69) is 15.4 Å². The van der Waals surface area contributed by atoms with Crippen molar-refractivity contribution in [2.75, 3.05) is 11.9 Å². The molecule has 1 N–H and O–H groups in total. The second kappa shape index (κ2) is 7.60. The maximum atomic E-state index is 12.6. The molecule has 3 aromatic rings. The third-order valence-electron chi connectivity index (χ3n) is 3.70. The monoisotopic (exact) mass is 350 g/mol. The summed E-state index contributed by atoms with van der Waals surface area (Å²) < 4.78 is 6.61. The molecule has 0 aliphatic heterocycles. The quantitative estimate of drug-likeness (QED) is 0.715. The zero-order valence-corrected chi connectivity index (χ0v) is 14.5. The Hall–Kier alpha value is -3.48. The van der Waals surface area contributed by atoms with E-state index in [-0.39, 0.29) is 18.1 Å². The number of pyridine rings is 1. The van der Waals surface area contributed by atoms with E-state index < -0.39 is 5.97 Å². The van der Waals surface area contributed by atoms with E-state index in [1.54, 1.807) is 30.9 Å². The molecule has 2 aromatic heterocycles. The number of benzene rings is 1. The predicted molar refractivity (Wildman–Crippen MR) is 96.4 cm³/mol. The first-order chi connectivity index (χ1) is 12.6. The van der Waals surface area contributed by atoms with Crippen molar-refractivity contribution in [2.24, 2.45) is 0 Å². The maximum Gasteiger partial charge on any atom is 0.339 e. The Morgan fingerprint density at radius 2 is 1.96 bits per heavy atom. The van der Waals surface area contributed by atoms with Gasteiger partial charge < -0.3 is 10.1 Å². The molecule has 0 unspecified atom stereocenters. The van der Waals surface area contributed by atoms with Gasteiger partial charge in [-0.2, -0.15) is 5.10 Å². The number of aromatic nitrogens is 3. The van der Waals surface area contributed by atoms with E-state index in [1.165, 1.54) is 12.3 Å². The lowest BCUT2D eigenvalue weighted by Crippen LogP contribution is -2.16. The van der Waals surface area contributed by atoms with Crippen LogP contribution in [0.2, 0.25) is 0 Å². The summed E-state index contributed by atoms with van der Waals surface area (Å²) in [6.07, 6.45) is 4.67. The van der Waals surface area contributed by atoms with Crippen LogP contribution in [0.3, 0.4) is 0 Å². The highest BCUT2D eigenvalue weighted by Crippen LogP contribution is 2.15. The molecule has 26 heavy (non-hydrogen) atoms. The second-order valence-corrected chi connectivity index (χ2v) is 5.54. The molecule has 2 heterocycles. The van der Waals surface area contributed by atoms with Crippen LogP contribution in [0.5, 0.6) is 0 Å². The molecule has 132 valence electrons. The number of rotatable bonds is 5. The van der Waals surface area contributed by atoms with Gasteiger partial charge in [-0.3, -0.25) is 9.78 Å². The van der Waals surface area contributed by atoms with Crippen LogP contribution in [0.15, 0.2) is 55.0 Å². The number of nitrogens with one attached hydrogen (secondary N) is 1. The van der Waals surface area contributed by atoms with Crippen molar-refractivity contribution in [3.63, 3.8) is 0 Å². The molecule has 3 rings (SSSR count). The van der Waals surface area contributed by atoms with E-state index in [4.69, 9.17) is 4.74 Å². The van der Waals surface area contributed by atoms with Gasteiger partial charge in [0.1, 0.15) is 0 Å². The van der Waals surface area contributed by atoms with Gasteiger partial charge in [0.05, 0.1) is 47.2 Å². The van der Waals surface area contributed by atoms with Gasteiger partial charge in [-0.25, -0.2) is 9.48 Å². The van der Waals surface area contributed by atoms with Crippen LogP contribution in [0.4, 0.5) is 5.69 Å². The molecular formula is C19H18N4O3. The van der Waals surface area contributed by atoms with E-state index in [0.717, 1.165) is 5.69 Å². The average Bonchev–Trinajstić information content (AvgIpc) is 3.11. The molecule has 0 aliphatic rings. The Morgan fingerprint density at radius 1 is 1.19 bits per heavy atom. The Bertz CT molecular complexity index is 935. The highest BCUT2D eigenvalue weighted by molar-refractivity contribution is 6.06. The normalized spacial score (nSPS) is 10.4. The van der Waals surface area contributed by atoms with Crippen molar-refractivity contribution in [3.8, 4) is 5.69 Å². The number of nitrogens with zero attached hydrogens (tertiary/aromatic N) is 3. The van der Waals surface area contributed by atoms with Crippen molar-refractivity contribution in [1.82, 2.24) is 14.8 Å². The molecule has 0 atom stereocenters. The molecule has 0 fully saturated rings. The van der Waals surface area contributed by atoms with Gasteiger partial charge in [-0.05, 0) is 32.0 Å². The zero-order valence-electron chi connectivity index (χ0n) is 14.5. The Labute approximate surface area is 150 Å². The first-order valence-corrected chi connectivity index (χ1v) is 8.13. The highest BCUT2D eigenvalue weighted by atomic mass is 16.5. The summed E-state index contributed by atoms with van der Waals surface area (Å²) >= 11 is 0. The number of para-hydroxylation sites is 1. The molecule has 0 saturated carbocycles. The SMILES string of the molecule is CCOC(=O)c1cnc(C)c(C(=O)Nc2cnn(-c3ccccc3)c2)c1. The van der Waals surface area contributed by atoms with Crippen LogP contribution in [0, 0.1) is 6.92 Å². The molecule has 0 saturated heterocycles. The minimum atomic E-state index is -0.508.